The summed E-state index contributed by atoms with van der Waals surface area (Å²) in [6.07, 6.45) is 4.76. The van der Waals surface area contributed by atoms with Crippen LogP contribution in [0.3, 0.4) is 0 Å². The topological polar surface area (TPSA) is 111 Å². The van der Waals surface area contributed by atoms with Gasteiger partial charge in [-0.2, -0.15) is 5.26 Å². The number of nitrogens with one attached hydrogen (secondary N) is 2. The third-order valence-corrected chi connectivity index (χ3v) is 5.10. The molecule has 2 amide bonds. The van der Waals surface area contributed by atoms with Gasteiger partial charge in [0.05, 0.1) is 6.04 Å². The number of aromatic nitrogens is 2. The average Bonchev–Trinajstić information content (AvgIpc) is 2.78. The van der Waals surface area contributed by atoms with E-state index in [1.165, 1.54) is 6.20 Å². The number of rotatable bonds is 5. The zero-order chi connectivity index (χ0) is 20.6. The monoisotopic (exact) mass is 392 g/mol. The third-order valence-electron chi connectivity index (χ3n) is 5.10. The Kier molecular flexibility index (Phi) is 6.74. The van der Waals surface area contributed by atoms with Gasteiger partial charge in [-0.1, -0.05) is 30.3 Å². The molecule has 29 heavy (non-hydrogen) atoms. The van der Waals surface area contributed by atoms with Crippen molar-refractivity contribution >= 4 is 17.6 Å². The highest BCUT2D eigenvalue weighted by Gasteiger charge is 2.24. The molecular formula is C21H24N6O2. The molecule has 1 aromatic carbocycles. The Hall–Kier alpha value is -3.47. The van der Waals surface area contributed by atoms with Crippen molar-refractivity contribution in [3.8, 4) is 6.07 Å². The molecule has 1 aliphatic rings. The third kappa shape index (κ3) is 5.29. The van der Waals surface area contributed by atoms with Gasteiger partial charge in [0.25, 0.3) is 0 Å². The highest BCUT2D eigenvalue weighted by Crippen LogP contribution is 2.22. The maximum absolute atomic E-state index is 12.1. The zero-order valence-corrected chi connectivity index (χ0v) is 16.3. The molecule has 8 heteroatoms. The molecule has 1 aromatic heterocycles. The maximum Gasteiger partial charge on any atom is 0.309 e. The number of hydrogen-bond acceptors (Lipinski definition) is 6. The Morgan fingerprint density at radius 1 is 1.17 bits per heavy atom. The van der Waals surface area contributed by atoms with E-state index in [0.29, 0.717) is 18.1 Å². The van der Waals surface area contributed by atoms with Crippen LogP contribution in [0.5, 0.6) is 0 Å². The number of nitriles is 1. The van der Waals surface area contributed by atoms with Crippen molar-refractivity contribution in [1.29, 1.82) is 5.26 Å². The minimum Gasteiger partial charge on any atom is -0.354 e. The second-order valence-corrected chi connectivity index (χ2v) is 7.09. The number of anilines is 1. The predicted octanol–water partition coefficient (Wildman–Crippen LogP) is 1.56. The van der Waals surface area contributed by atoms with Crippen LogP contribution < -0.4 is 15.5 Å². The Morgan fingerprint density at radius 3 is 2.55 bits per heavy atom. The van der Waals surface area contributed by atoms with Crippen molar-refractivity contribution in [3.05, 3.63) is 54.0 Å². The first-order valence-electron chi connectivity index (χ1n) is 9.68. The molecule has 1 fully saturated rings. The van der Waals surface area contributed by atoms with Gasteiger partial charge in [-0.25, -0.2) is 9.97 Å². The molecule has 3 rings (SSSR count). The first kappa shape index (κ1) is 20.3. The van der Waals surface area contributed by atoms with E-state index in [-0.39, 0.29) is 12.0 Å². The minimum atomic E-state index is -0.628. The molecule has 2 aromatic rings. The lowest BCUT2D eigenvalue weighted by Crippen LogP contribution is -2.44. The maximum atomic E-state index is 12.1. The average molecular weight is 392 g/mol. The van der Waals surface area contributed by atoms with Gasteiger partial charge in [0.15, 0.2) is 11.5 Å². The molecule has 0 bridgehead atoms. The van der Waals surface area contributed by atoms with Crippen LogP contribution in [0.15, 0.2) is 42.7 Å². The fourth-order valence-corrected chi connectivity index (χ4v) is 3.39. The van der Waals surface area contributed by atoms with Crippen molar-refractivity contribution in [1.82, 2.24) is 20.6 Å². The van der Waals surface area contributed by atoms with Crippen LogP contribution in [0.25, 0.3) is 0 Å². The van der Waals surface area contributed by atoms with Crippen LogP contribution in [0.4, 0.5) is 5.82 Å². The van der Waals surface area contributed by atoms with Crippen molar-refractivity contribution < 1.29 is 9.59 Å². The van der Waals surface area contributed by atoms with Gasteiger partial charge in [-0.15, -0.1) is 0 Å². The lowest BCUT2D eigenvalue weighted by molar-refractivity contribution is -0.139. The zero-order valence-electron chi connectivity index (χ0n) is 16.3. The Balaban J connectivity index is 1.43. The van der Waals surface area contributed by atoms with Gasteiger partial charge >= 0.3 is 11.8 Å². The lowest BCUT2D eigenvalue weighted by Gasteiger charge is -2.32. The number of carbonyl (C=O) groups excluding carboxylic acids is 2. The van der Waals surface area contributed by atoms with E-state index in [0.717, 1.165) is 31.5 Å². The fraction of sp³-hybridized carbons (Fsp3) is 0.381. The van der Waals surface area contributed by atoms with E-state index in [4.69, 9.17) is 5.26 Å². The normalized spacial score (nSPS) is 15.2. The molecule has 1 unspecified atom stereocenters. The first-order chi connectivity index (χ1) is 14.1. The number of nitrogens with zero attached hydrogens (tertiary/aromatic N) is 4. The number of piperidine rings is 1. The molecule has 0 spiro atoms. The molecule has 1 aliphatic heterocycles. The number of carbonyl (C=O) groups is 2. The second kappa shape index (κ2) is 9.64. The molecule has 0 aliphatic carbocycles. The number of benzene rings is 1. The molecule has 2 heterocycles. The molecule has 0 radical (unpaired) electrons. The van der Waals surface area contributed by atoms with E-state index >= 15 is 0 Å². The Labute approximate surface area is 170 Å². The molecule has 2 N–H and O–H groups in total. The van der Waals surface area contributed by atoms with Crippen LogP contribution in [-0.2, 0) is 9.59 Å². The van der Waals surface area contributed by atoms with Crippen molar-refractivity contribution in [2.75, 3.05) is 24.5 Å². The van der Waals surface area contributed by atoms with E-state index in [1.807, 2.05) is 42.2 Å². The van der Waals surface area contributed by atoms with Crippen LogP contribution >= 0.6 is 0 Å². The van der Waals surface area contributed by atoms with E-state index < -0.39 is 11.8 Å². The van der Waals surface area contributed by atoms with Gasteiger partial charge < -0.3 is 15.5 Å². The van der Waals surface area contributed by atoms with Gasteiger partial charge in [0, 0.05) is 32.0 Å². The molecule has 1 atom stereocenters. The standard InChI is InChI=1S/C21H24N6O2/c1-15(17-5-3-2-4-6-17)26-21(29)20(28)25-14-16-7-11-27(12-8-16)19-18(13-22)23-9-10-24-19/h2-6,9-10,15-16H,7-8,11-12,14H2,1H3,(H,25,28)(H,26,29). The molecule has 0 saturated carbocycles. The van der Waals surface area contributed by atoms with E-state index in [9.17, 15) is 9.59 Å². The summed E-state index contributed by atoms with van der Waals surface area (Å²) in [7, 11) is 0. The summed E-state index contributed by atoms with van der Waals surface area (Å²) in [6.45, 7) is 3.75. The first-order valence-corrected chi connectivity index (χ1v) is 9.68. The summed E-state index contributed by atoms with van der Waals surface area (Å²) in [5.74, 6) is -0.364. The minimum absolute atomic E-state index is 0.237. The molecular weight excluding hydrogens is 368 g/mol. The quantitative estimate of drug-likeness (QED) is 0.747. The summed E-state index contributed by atoms with van der Waals surface area (Å²) < 4.78 is 0. The molecule has 1 saturated heterocycles. The highest BCUT2D eigenvalue weighted by atomic mass is 16.2. The molecule has 150 valence electrons. The highest BCUT2D eigenvalue weighted by molar-refractivity contribution is 6.35. The van der Waals surface area contributed by atoms with Crippen molar-refractivity contribution in [2.24, 2.45) is 5.92 Å². The largest absolute Gasteiger partial charge is 0.354 e. The second-order valence-electron chi connectivity index (χ2n) is 7.09. The summed E-state index contributed by atoms with van der Waals surface area (Å²) in [5.41, 5.74) is 1.27. The Morgan fingerprint density at radius 2 is 1.86 bits per heavy atom. The summed E-state index contributed by atoms with van der Waals surface area (Å²) in [5, 5.41) is 14.6. The van der Waals surface area contributed by atoms with Crippen LogP contribution in [-0.4, -0.2) is 41.4 Å². The van der Waals surface area contributed by atoms with Gasteiger partial charge in [-0.05, 0) is 31.2 Å². The smallest absolute Gasteiger partial charge is 0.309 e. The van der Waals surface area contributed by atoms with Crippen LogP contribution in [0.1, 0.15) is 37.1 Å². The summed E-state index contributed by atoms with van der Waals surface area (Å²) >= 11 is 0. The van der Waals surface area contributed by atoms with Crippen LogP contribution in [0, 0.1) is 17.2 Å². The predicted molar refractivity (Wildman–Crippen MR) is 108 cm³/mol. The lowest BCUT2D eigenvalue weighted by atomic mass is 9.96. The number of amides is 2. The van der Waals surface area contributed by atoms with E-state index in [2.05, 4.69) is 26.7 Å². The van der Waals surface area contributed by atoms with Gasteiger partial charge in [0.2, 0.25) is 0 Å². The Bertz CT molecular complexity index is 888. The SMILES string of the molecule is CC(NC(=O)C(=O)NCC1CCN(c2nccnc2C#N)CC1)c1ccccc1. The fourth-order valence-electron chi connectivity index (χ4n) is 3.39. The summed E-state index contributed by atoms with van der Waals surface area (Å²) in [4.78, 5) is 34.6. The van der Waals surface area contributed by atoms with Crippen molar-refractivity contribution in [3.63, 3.8) is 0 Å². The van der Waals surface area contributed by atoms with Gasteiger partial charge in [0.1, 0.15) is 6.07 Å². The summed E-state index contributed by atoms with van der Waals surface area (Å²) in [6, 6.07) is 11.3. The van der Waals surface area contributed by atoms with Gasteiger partial charge in [-0.3, -0.25) is 9.59 Å². The number of hydrogen-bond donors (Lipinski definition) is 2. The van der Waals surface area contributed by atoms with Crippen molar-refractivity contribution in [2.45, 2.75) is 25.8 Å². The molecule has 8 nitrogen and oxygen atoms in total. The van der Waals surface area contributed by atoms with E-state index in [1.54, 1.807) is 6.20 Å². The van der Waals surface area contributed by atoms with Crippen LogP contribution in [0.2, 0.25) is 0 Å².